The average molecular weight is 552 g/mol. The Kier molecular flexibility index (Phi) is 12.2. The van der Waals surface area contributed by atoms with E-state index in [0.29, 0.717) is 6.54 Å². The van der Waals surface area contributed by atoms with Crippen molar-refractivity contribution in [3.05, 3.63) is 71.3 Å². The molecule has 0 aliphatic heterocycles. The summed E-state index contributed by atoms with van der Waals surface area (Å²) in [5.74, 6) is -0.572. The molecule has 0 aliphatic carbocycles. The normalized spacial score (nSPS) is 13.2. The Balaban J connectivity index is 2.55. The van der Waals surface area contributed by atoms with E-state index in [4.69, 9.17) is 4.74 Å². The Morgan fingerprint density at radius 3 is 2.05 bits per heavy atom. The number of hydrogen-bond donors (Lipinski definition) is 2. The first-order valence-corrected chi connectivity index (χ1v) is 14.4. The van der Waals surface area contributed by atoms with Gasteiger partial charge in [-0.15, -0.1) is 0 Å². The van der Waals surface area contributed by atoms with Crippen molar-refractivity contribution in [1.82, 2.24) is 15.5 Å². The van der Waals surface area contributed by atoms with Crippen LogP contribution in [0.1, 0.15) is 96.9 Å². The van der Waals surface area contributed by atoms with Crippen LogP contribution < -0.4 is 10.6 Å². The minimum Gasteiger partial charge on any atom is -0.444 e. The summed E-state index contributed by atoms with van der Waals surface area (Å²) in [4.78, 5) is 42.8. The Morgan fingerprint density at radius 1 is 0.875 bits per heavy atom. The van der Waals surface area contributed by atoms with Crippen molar-refractivity contribution in [2.45, 2.75) is 111 Å². The molecule has 0 aromatic heterocycles. The van der Waals surface area contributed by atoms with E-state index in [9.17, 15) is 14.4 Å². The van der Waals surface area contributed by atoms with Crippen molar-refractivity contribution in [2.24, 2.45) is 0 Å². The summed E-state index contributed by atoms with van der Waals surface area (Å²) in [6, 6.07) is 15.5. The summed E-state index contributed by atoms with van der Waals surface area (Å²) < 4.78 is 5.52. The second-order valence-corrected chi connectivity index (χ2v) is 12.5. The number of amides is 3. The molecule has 7 nitrogen and oxygen atoms in total. The van der Waals surface area contributed by atoms with Gasteiger partial charge in [0.05, 0.1) is 0 Å². The molecule has 7 heteroatoms. The number of rotatable bonds is 12. The zero-order valence-electron chi connectivity index (χ0n) is 25.7. The topological polar surface area (TPSA) is 87.7 Å². The van der Waals surface area contributed by atoms with Gasteiger partial charge in [0.15, 0.2) is 0 Å². The Hall–Kier alpha value is -3.35. The number of carbonyl (C=O) groups excluding carboxylic acids is 3. The number of ether oxygens (including phenoxy) is 1. The van der Waals surface area contributed by atoms with Crippen LogP contribution in [-0.4, -0.2) is 46.5 Å². The van der Waals surface area contributed by atoms with Crippen LogP contribution in [0.5, 0.6) is 0 Å². The minimum absolute atomic E-state index is 0.254. The first-order chi connectivity index (χ1) is 18.7. The standard InChI is InChI=1S/C33H49N3O4/c1-9-10-11-15-22-36(28(29(37)35-32(3,4)5)26-20-18-24(2)19-21-26)30(38)27(23-25-16-13-12-14-17-25)34-31(39)40-33(6,7)8/h12-14,16-21,27-28H,9-11,15,22-23H2,1-8H3,(H,34,39)(H,35,37). The Labute approximate surface area is 241 Å². The lowest BCUT2D eigenvalue weighted by molar-refractivity contribution is -0.143. The largest absolute Gasteiger partial charge is 0.444 e. The number of benzene rings is 2. The molecule has 0 saturated carbocycles. The zero-order chi connectivity index (χ0) is 29.9. The van der Waals surface area contributed by atoms with E-state index in [0.717, 1.165) is 42.4 Å². The highest BCUT2D eigenvalue weighted by atomic mass is 16.6. The van der Waals surface area contributed by atoms with Crippen LogP contribution in [-0.2, 0) is 20.7 Å². The molecular formula is C33H49N3O4. The maximum atomic E-state index is 14.4. The van der Waals surface area contributed by atoms with Crippen molar-refractivity contribution in [1.29, 1.82) is 0 Å². The number of nitrogens with zero attached hydrogens (tertiary/aromatic N) is 1. The van der Waals surface area contributed by atoms with Gasteiger partial charge in [-0.2, -0.15) is 0 Å². The van der Waals surface area contributed by atoms with E-state index in [-0.39, 0.29) is 18.2 Å². The van der Waals surface area contributed by atoms with E-state index in [1.807, 2.05) is 82.3 Å². The van der Waals surface area contributed by atoms with E-state index < -0.39 is 29.3 Å². The summed E-state index contributed by atoms with van der Waals surface area (Å²) in [5.41, 5.74) is 1.48. The van der Waals surface area contributed by atoms with Gasteiger partial charge in [-0.3, -0.25) is 9.59 Å². The smallest absolute Gasteiger partial charge is 0.408 e. The lowest BCUT2D eigenvalue weighted by Gasteiger charge is -2.36. The fourth-order valence-electron chi connectivity index (χ4n) is 4.43. The third-order valence-corrected chi connectivity index (χ3v) is 6.26. The number of carbonyl (C=O) groups is 3. The SMILES string of the molecule is CCCCCCN(C(=O)C(Cc1ccccc1)NC(=O)OC(C)(C)C)C(C(=O)NC(C)(C)C)c1ccc(C)cc1. The van der Waals surface area contributed by atoms with Gasteiger partial charge in [-0.1, -0.05) is 86.3 Å². The number of unbranched alkanes of at least 4 members (excludes halogenated alkanes) is 3. The van der Waals surface area contributed by atoms with Crippen molar-refractivity contribution in [3.63, 3.8) is 0 Å². The van der Waals surface area contributed by atoms with Crippen molar-refractivity contribution >= 4 is 17.9 Å². The highest BCUT2D eigenvalue weighted by Gasteiger charge is 2.37. The van der Waals surface area contributed by atoms with E-state index in [1.54, 1.807) is 25.7 Å². The molecule has 220 valence electrons. The molecule has 0 heterocycles. The molecule has 0 spiro atoms. The van der Waals surface area contributed by atoms with Crippen LogP contribution in [0.3, 0.4) is 0 Å². The van der Waals surface area contributed by atoms with Crippen LogP contribution in [0, 0.1) is 6.92 Å². The summed E-state index contributed by atoms with van der Waals surface area (Å²) in [6.45, 7) is 15.6. The molecule has 2 aromatic carbocycles. The van der Waals surface area contributed by atoms with Crippen LogP contribution in [0.25, 0.3) is 0 Å². The molecular weight excluding hydrogens is 502 g/mol. The second-order valence-electron chi connectivity index (χ2n) is 12.5. The maximum Gasteiger partial charge on any atom is 0.408 e. The molecule has 0 fully saturated rings. The molecule has 2 unspecified atom stereocenters. The Morgan fingerprint density at radius 2 is 1.50 bits per heavy atom. The van der Waals surface area contributed by atoms with Crippen LogP contribution >= 0.6 is 0 Å². The van der Waals surface area contributed by atoms with Crippen molar-refractivity contribution in [3.8, 4) is 0 Å². The van der Waals surface area contributed by atoms with E-state index >= 15 is 0 Å². The van der Waals surface area contributed by atoms with Gasteiger partial charge in [-0.25, -0.2) is 4.79 Å². The monoisotopic (exact) mass is 551 g/mol. The van der Waals surface area contributed by atoms with Gasteiger partial charge in [0.25, 0.3) is 0 Å². The highest BCUT2D eigenvalue weighted by molar-refractivity contribution is 5.92. The summed E-state index contributed by atoms with van der Waals surface area (Å²) >= 11 is 0. The lowest BCUT2D eigenvalue weighted by Crippen LogP contribution is -2.55. The van der Waals surface area contributed by atoms with E-state index in [1.165, 1.54) is 0 Å². The predicted molar refractivity (Wildman–Crippen MR) is 161 cm³/mol. The van der Waals surface area contributed by atoms with Crippen LogP contribution in [0.2, 0.25) is 0 Å². The number of aryl methyl sites for hydroxylation is 1. The quantitative estimate of drug-likeness (QED) is 0.295. The molecule has 0 radical (unpaired) electrons. The number of hydrogen-bond acceptors (Lipinski definition) is 4. The minimum atomic E-state index is -0.918. The second kappa shape index (κ2) is 14.9. The average Bonchev–Trinajstić information content (AvgIpc) is 2.84. The molecule has 0 saturated heterocycles. The van der Waals surface area contributed by atoms with Gasteiger partial charge in [-0.05, 0) is 66.0 Å². The summed E-state index contributed by atoms with van der Waals surface area (Å²) in [6.07, 6.45) is 3.37. The molecule has 40 heavy (non-hydrogen) atoms. The lowest BCUT2D eigenvalue weighted by atomic mass is 9.98. The fraction of sp³-hybridized carbons (Fsp3) is 0.545. The predicted octanol–water partition coefficient (Wildman–Crippen LogP) is 6.50. The number of alkyl carbamates (subject to hydrolysis) is 1. The van der Waals surface area contributed by atoms with Gasteiger partial charge in [0.1, 0.15) is 17.7 Å². The highest BCUT2D eigenvalue weighted by Crippen LogP contribution is 2.26. The molecule has 3 amide bonds. The van der Waals surface area contributed by atoms with Gasteiger partial charge < -0.3 is 20.3 Å². The first-order valence-electron chi connectivity index (χ1n) is 14.4. The molecule has 2 atom stereocenters. The third kappa shape index (κ3) is 11.4. The van der Waals surface area contributed by atoms with E-state index in [2.05, 4.69) is 17.6 Å². The van der Waals surface area contributed by atoms with Gasteiger partial charge in [0, 0.05) is 18.5 Å². The van der Waals surface area contributed by atoms with Crippen LogP contribution in [0.15, 0.2) is 54.6 Å². The number of nitrogens with one attached hydrogen (secondary N) is 2. The molecule has 2 rings (SSSR count). The maximum absolute atomic E-state index is 14.4. The first kappa shape index (κ1) is 32.9. The van der Waals surface area contributed by atoms with Gasteiger partial charge >= 0.3 is 6.09 Å². The van der Waals surface area contributed by atoms with Crippen molar-refractivity contribution < 1.29 is 19.1 Å². The molecule has 2 aromatic rings. The molecule has 0 aliphatic rings. The zero-order valence-corrected chi connectivity index (χ0v) is 25.7. The Bertz CT molecular complexity index is 1090. The summed E-state index contributed by atoms with van der Waals surface area (Å²) in [5, 5.41) is 5.91. The van der Waals surface area contributed by atoms with Crippen LogP contribution in [0.4, 0.5) is 4.79 Å². The third-order valence-electron chi connectivity index (χ3n) is 6.26. The van der Waals surface area contributed by atoms with Crippen molar-refractivity contribution in [2.75, 3.05) is 6.54 Å². The van der Waals surface area contributed by atoms with Gasteiger partial charge in [0.2, 0.25) is 11.8 Å². The molecule has 0 bridgehead atoms. The molecule has 2 N–H and O–H groups in total. The fourth-order valence-corrected chi connectivity index (χ4v) is 4.43. The summed E-state index contributed by atoms with van der Waals surface area (Å²) in [7, 11) is 0.